The zero-order valence-electron chi connectivity index (χ0n) is 8.90. The van der Waals surface area contributed by atoms with E-state index in [-0.39, 0.29) is 6.42 Å². The first-order valence-corrected chi connectivity index (χ1v) is 5.02. The molecule has 5 nitrogen and oxygen atoms in total. The zero-order valence-corrected chi connectivity index (χ0v) is 8.90. The number of nitrogens with one attached hydrogen (secondary N) is 1. The van der Waals surface area contributed by atoms with Crippen molar-refractivity contribution in [3.63, 3.8) is 0 Å². The van der Waals surface area contributed by atoms with E-state index >= 15 is 0 Å². The highest BCUT2D eigenvalue weighted by molar-refractivity contribution is 6.51. The quantitative estimate of drug-likeness (QED) is 0.749. The molecule has 0 atom stereocenters. The van der Waals surface area contributed by atoms with E-state index in [4.69, 9.17) is 5.73 Å². The highest BCUT2D eigenvalue weighted by atomic mass is 16.2. The van der Waals surface area contributed by atoms with Gasteiger partial charge in [-0.3, -0.25) is 14.4 Å². The van der Waals surface area contributed by atoms with Crippen LogP contribution >= 0.6 is 0 Å². The number of hydrogen-bond donors (Lipinski definition) is 2. The van der Waals surface area contributed by atoms with Crippen molar-refractivity contribution >= 4 is 29.4 Å². The molecular formula is C12H10N2O3. The Hall–Kier alpha value is -2.43. The fourth-order valence-corrected chi connectivity index (χ4v) is 1.58. The number of carbonyl (C=O) groups is 3. The molecule has 1 heterocycles. The van der Waals surface area contributed by atoms with Gasteiger partial charge in [0.1, 0.15) is 0 Å². The molecule has 2 amide bonds. The molecule has 0 saturated carbocycles. The maximum atomic E-state index is 11.3. The third-order valence-electron chi connectivity index (χ3n) is 2.37. The number of amides is 2. The van der Waals surface area contributed by atoms with Crippen LogP contribution in [-0.2, 0) is 9.59 Å². The summed E-state index contributed by atoms with van der Waals surface area (Å²) in [6.45, 7) is 0. The third-order valence-corrected chi connectivity index (χ3v) is 2.37. The Kier molecular flexibility index (Phi) is 2.74. The molecule has 0 aliphatic carbocycles. The molecule has 2 rings (SSSR count). The minimum atomic E-state index is -0.613. The molecule has 0 unspecified atom stereocenters. The lowest BCUT2D eigenvalue weighted by Crippen LogP contribution is -2.12. The first kappa shape index (κ1) is 11.1. The van der Waals surface area contributed by atoms with E-state index in [1.54, 1.807) is 30.4 Å². The van der Waals surface area contributed by atoms with Crippen molar-refractivity contribution < 1.29 is 14.4 Å². The second kappa shape index (κ2) is 4.21. The first-order valence-electron chi connectivity index (χ1n) is 5.02. The Balaban J connectivity index is 2.22. The van der Waals surface area contributed by atoms with Crippen molar-refractivity contribution in [1.82, 2.24) is 0 Å². The van der Waals surface area contributed by atoms with E-state index in [1.807, 2.05) is 0 Å². The Morgan fingerprint density at radius 1 is 1.35 bits per heavy atom. The van der Waals surface area contributed by atoms with Crippen LogP contribution in [0.1, 0.15) is 22.3 Å². The first-order chi connectivity index (χ1) is 8.08. The number of hydrogen-bond acceptors (Lipinski definition) is 3. The van der Waals surface area contributed by atoms with Gasteiger partial charge in [0.25, 0.3) is 11.7 Å². The Morgan fingerprint density at radius 2 is 2.12 bits per heavy atom. The lowest BCUT2D eigenvalue weighted by molar-refractivity contribution is -0.117. The summed E-state index contributed by atoms with van der Waals surface area (Å²) in [5, 5.41) is 2.47. The number of anilines is 1. The van der Waals surface area contributed by atoms with Crippen molar-refractivity contribution in [1.29, 1.82) is 0 Å². The van der Waals surface area contributed by atoms with E-state index in [1.165, 1.54) is 0 Å². The van der Waals surface area contributed by atoms with Crippen LogP contribution in [0.2, 0.25) is 0 Å². The summed E-state index contributed by atoms with van der Waals surface area (Å²) in [4.78, 5) is 33.0. The molecule has 0 fully saturated rings. The van der Waals surface area contributed by atoms with E-state index < -0.39 is 17.6 Å². The van der Waals surface area contributed by atoms with Crippen LogP contribution in [0, 0.1) is 0 Å². The normalized spacial score (nSPS) is 13.9. The van der Waals surface area contributed by atoms with Gasteiger partial charge in [-0.1, -0.05) is 18.2 Å². The predicted octanol–water partition coefficient (Wildman–Crippen LogP) is 0.710. The van der Waals surface area contributed by atoms with Gasteiger partial charge in [-0.2, -0.15) is 0 Å². The minimum Gasteiger partial charge on any atom is -0.369 e. The Bertz CT molecular complexity index is 547. The maximum absolute atomic E-state index is 11.3. The molecule has 0 aromatic heterocycles. The topological polar surface area (TPSA) is 89.3 Å². The van der Waals surface area contributed by atoms with Crippen LogP contribution < -0.4 is 11.1 Å². The fraction of sp³-hybridized carbons (Fsp3) is 0.0833. The number of ketones is 1. The summed E-state index contributed by atoms with van der Waals surface area (Å²) in [7, 11) is 0. The molecule has 1 aromatic carbocycles. The molecule has 1 aliphatic rings. The lowest BCUT2D eigenvalue weighted by Gasteiger charge is -1.98. The van der Waals surface area contributed by atoms with Gasteiger partial charge in [0, 0.05) is 6.42 Å². The van der Waals surface area contributed by atoms with Gasteiger partial charge in [0.15, 0.2) is 0 Å². The molecular weight excluding hydrogens is 220 g/mol. The SMILES string of the molecule is NC(=O)CC=Cc1ccc2c(c1)NC(=O)C2=O. The van der Waals surface area contributed by atoms with Crippen molar-refractivity contribution in [3.05, 3.63) is 35.4 Å². The monoisotopic (exact) mass is 230 g/mol. The summed E-state index contributed by atoms with van der Waals surface area (Å²) in [5.74, 6) is -1.54. The molecule has 17 heavy (non-hydrogen) atoms. The largest absolute Gasteiger partial charge is 0.369 e. The number of fused-ring (bicyclic) bond motifs is 1. The summed E-state index contributed by atoms with van der Waals surface area (Å²) < 4.78 is 0. The van der Waals surface area contributed by atoms with Gasteiger partial charge in [-0.25, -0.2) is 0 Å². The number of nitrogens with two attached hydrogens (primary N) is 1. The van der Waals surface area contributed by atoms with Crippen molar-refractivity contribution in [2.75, 3.05) is 5.32 Å². The number of primary amides is 1. The van der Waals surface area contributed by atoms with Crippen molar-refractivity contribution in [3.8, 4) is 0 Å². The molecule has 3 N–H and O–H groups in total. The van der Waals surface area contributed by atoms with E-state index in [2.05, 4.69) is 5.32 Å². The standard InChI is InChI=1S/C12H10N2O3/c13-10(15)3-1-2-7-4-5-8-9(6-7)14-12(17)11(8)16/h1-2,4-6H,3H2,(H2,13,15)(H,14,16,17). The summed E-state index contributed by atoms with van der Waals surface area (Å²) in [5.41, 5.74) is 6.66. The van der Waals surface area contributed by atoms with Crippen LogP contribution in [0.5, 0.6) is 0 Å². The van der Waals surface area contributed by atoms with Gasteiger partial charge < -0.3 is 11.1 Å². The van der Waals surface area contributed by atoms with E-state index in [0.29, 0.717) is 11.3 Å². The molecule has 1 aromatic rings. The van der Waals surface area contributed by atoms with Crippen LogP contribution in [-0.4, -0.2) is 17.6 Å². The van der Waals surface area contributed by atoms with Gasteiger partial charge >= 0.3 is 0 Å². The van der Waals surface area contributed by atoms with Gasteiger partial charge in [0.05, 0.1) is 11.3 Å². The average Bonchev–Trinajstić information content (AvgIpc) is 2.54. The zero-order chi connectivity index (χ0) is 12.4. The second-order valence-corrected chi connectivity index (χ2v) is 3.66. The van der Waals surface area contributed by atoms with Crippen LogP contribution in [0.3, 0.4) is 0 Å². The minimum absolute atomic E-state index is 0.155. The number of benzene rings is 1. The van der Waals surface area contributed by atoms with Gasteiger partial charge in [0.2, 0.25) is 5.91 Å². The van der Waals surface area contributed by atoms with Gasteiger partial charge in [-0.05, 0) is 17.7 Å². The smallest absolute Gasteiger partial charge is 0.296 e. The predicted molar refractivity (Wildman–Crippen MR) is 62.2 cm³/mol. The molecule has 5 heteroatoms. The summed E-state index contributed by atoms with van der Waals surface area (Å²) in [6, 6.07) is 4.96. The molecule has 86 valence electrons. The van der Waals surface area contributed by atoms with Crippen LogP contribution in [0.4, 0.5) is 5.69 Å². The Labute approximate surface area is 97.3 Å². The van der Waals surface area contributed by atoms with Crippen LogP contribution in [0.25, 0.3) is 6.08 Å². The van der Waals surface area contributed by atoms with Gasteiger partial charge in [-0.15, -0.1) is 0 Å². The number of rotatable bonds is 3. The third kappa shape index (κ3) is 2.23. The number of carbonyl (C=O) groups excluding carboxylic acids is 3. The van der Waals surface area contributed by atoms with Crippen molar-refractivity contribution in [2.24, 2.45) is 5.73 Å². The average molecular weight is 230 g/mol. The molecule has 0 bridgehead atoms. The number of Topliss-reactive ketones (excluding diaryl/α,β-unsaturated/α-hetero) is 1. The molecule has 0 saturated heterocycles. The van der Waals surface area contributed by atoms with E-state index in [0.717, 1.165) is 5.56 Å². The highest BCUT2D eigenvalue weighted by Crippen LogP contribution is 2.24. The molecule has 1 aliphatic heterocycles. The fourth-order valence-electron chi connectivity index (χ4n) is 1.58. The lowest BCUT2D eigenvalue weighted by atomic mass is 10.1. The second-order valence-electron chi connectivity index (χ2n) is 3.66. The van der Waals surface area contributed by atoms with Crippen LogP contribution in [0.15, 0.2) is 24.3 Å². The van der Waals surface area contributed by atoms with Crippen molar-refractivity contribution in [2.45, 2.75) is 6.42 Å². The summed E-state index contributed by atoms with van der Waals surface area (Å²) >= 11 is 0. The molecule has 0 radical (unpaired) electrons. The highest BCUT2D eigenvalue weighted by Gasteiger charge is 2.27. The van der Waals surface area contributed by atoms with E-state index in [9.17, 15) is 14.4 Å². The Morgan fingerprint density at radius 3 is 2.82 bits per heavy atom. The maximum Gasteiger partial charge on any atom is 0.296 e. The summed E-state index contributed by atoms with van der Waals surface area (Å²) in [6.07, 6.45) is 3.49. The molecule has 0 spiro atoms.